The number of nitrogens with zero attached hydrogens (tertiary/aromatic N) is 3. The Hall–Kier alpha value is -1.94. The van der Waals surface area contributed by atoms with Crippen molar-refractivity contribution >= 4 is 21.7 Å². The number of amides is 1. The van der Waals surface area contributed by atoms with Gasteiger partial charge in [-0.1, -0.05) is 0 Å². The van der Waals surface area contributed by atoms with Crippen LogP contribution in [0.5, 0.6) is 0 Å². The fourth-order valence-corrected chi connectivity index (χ4v) is 6.86. The van der Waals surface area contributed by atoms with Gasteiger partial charge in [0.15, 0.2) is 15.5 Å². The van der Waals surface area contributed by atoms with Gasteiger partial charge in [0.25, 0.3) is 5.91 Å². The Bertz CT molecular complexity index is 959. The van der Waals surface area contributed by atoms with Crippen molar-refractivity contribution in [1.29, 1.82) is 0 Å². The first-order valence-corrected chi connectivity index (χ1v) is 11.6. The van der Waals surface area contributed by atoms with Crippen molar-refractivity contribution < 1.29 is 27.9 Å². The van der Waals surface area contributed by atoms with Gasteiger partial charge < -0.3 is 14.7 Å². The first-order chi connectivity index (χ1) is 13.7. The second kappa shape index (κ2) is 6.80. The zero-order valence-electron chi connectivity index (χ0n) is 16.8. The number of aliphatic hydroxyl groups is 1. The number of ether oxygens (including phenoxy) is 1. The predicted octanol–water partition coefficient (Wildman–Crippen LogP) is 0.550. The molecular weight excluding hydrogens is 398 g/mol. The molecule has 0 aromatic carbocycles. The van der Waals surface area contributed by atoms with Gasteiger partial charge in [-0.2, -0.15) is 5.10 Å². The Labute approximate surface area is 169 Å². The van der Waals surface area contributed by atoms with Gasteiger partial charge in [0.2, 0.25) is 0 Å². The number of carbonyl (C=O) groups excluding carboxylic acids is 2. The van der Waals surface area contributed by atoms with Gasteiger partial charge in [0.05, 0.1) is 29.3 Å². The van der Waals surface area contributed by atoms with Crippen molar-refractivity contribution in [3.05, 3.63) is 17.0 Å². The third-order valence-electron chi connectivity index (χ3n) is 6.41. The maximum absolute atomic E-state index is 13.2. The minimum absolute atomic E-state index is 0.0723. The lowest BCUT2D eigenvalue weighted by atomic mass is 10.0. The van der Waals surface area contributed by atoms with E-state index in [9.17, 15) is 23.1 Å². The number of rotatable bonds is 8. The summed E-state index contributed by atoms with van der Waals surface area (Å²) in [5.41, 5.74) is 0.863. The van der Waals surface area contributed by atoms with Crippen LogP contribution in [-0.4, -0.2) is 75.9 Å². The quantitative estimate of drug-likeness (QED) is 0.604. The molecule has 0 atom stereocenters. The Balaban J connectivity index is 1.63. The van der Waals surface area contributed by atoms with Crippen molar-refractivity contribution in [3.63, 3.8) is 0 Å². The molecule has 0 unspecified atom stereocenters. The van der Waals surface area contributed by atoms with Crippen molar-refractivity contribution in [3.8, 4) is 0 Å². The number of carbonyl (C=O) groups is 2. The van der Waals surface area contributed by atoms with Gasteiger partial charge in [0.1, 0.15) is 5.69 Å². The van der Waals surface area contributed by atoms with E-state index in [0.29, 0.717) is 44.2 Å². The third kappa shape index (κ3) is 3.07. The van der Waals surface area contributed by atoms with Crippen LogP contribution in [0.1, 0.15) is 66.1 Å². The molecule has 2 fully saturated rings. The van der Waals surface area contributed by atoms with E-state index in [2.05, 4.69) is 5.10 Å². The smallest absolute Gasteiger partial charge is 0.359 e. The van der Waals surface area contributed by atoms with Crippen LogP contribution in [0, 0.1) is 0 Å². The molecule has 0 saturated heterocycles. The van der Waals surface area contributed by atoms with Gasteiger partial charge in [-0.3, -0.25) is 9.48 Å². The Kier molecular flexibility index (Phi) is 4.77. The van der Waals surface area contributed by atoms with Crippen molar-refractivity contribution in [2.24, 2.45) is 0 Å². The zero-order valence-corrected chi connectivity index (χ0v) is 17.6. The lowest BCUT2D eigenvalue weighted by Crippen LogP contribution is -2.48. The molecule has 1 aromatic rings. The van der Waals surface area contributed by atoms with Gasteiger partial charge in [-0.05, 0) is 46.0 Å². The average molecular weight is 426 g/mol. The topological polar surface area (TPSA) is 119 Å². The Morgan fingerprint density at radius 1 is 1.28 bits per heavy atom. The molecule has 1 N–H and O–H groups in total. The highest BCUT2D eigenvalue weighted by atomic mass is 32.2. The van der Waals surface area contributed by atoms with Gasteiger partial charge in [0, 0.05) is 18.7 Å². The lowest BCUT2D eigenvalue weighted by Gasteiger charge is -2.32. The van der Waals surface area contributed by atoms with E-state index in [1.807, 2.05) is 0 Å². The number of hydrogen-bond donors (Lipinski definition) is 1. The van der Waals surface area contributed by atoms with Crippen molar-refractivity contribution in [2.75, 3.05) is 26.3 Å². The number of hydrogen-bond acceptors (Lipinski definition) is 7. The molecule has 0 radical (unpaired) electrons. The largest absolute Gasteiger partial charge is 0.461 e. The first kappa shape index (κ1) is 20.3. The van der Waals surface area contributed by atoms with Crippen LogP contribution in [0.3, 0.4) is 0 Å². The van der Waals surface area contributed by atoms with Crippen LogP contribution < -0.4 is 0 Å². The molecular formula is C19H27N3O6S. The molecule has 4 rings (SSSR count). The monoisotopic (exact) mass is 425 g/mol. The van der Waals surface area contributed by atoms with Crippen molar-refractivity contribution in [1.82, 2.24) is 14.7 Å². The van der Waals surface area contributed by atoms with Gasteiger partial charge in [-0.25, -0.2) is 13.2 Å². The standard InChI is InChI=1S/C19H27N3O6S/c1-3-28-17(25)14-13-4-9-21(16(24)15(13)22(20-14)10-11-23)12-19(7-8-19)29(26,27)18(2)5-6-18/h23H,3-12H2,1-2H3. The second-order valence-corrected chi connectivity index (χ2v) is 11.3. The summed E-state index contributed by atoms with van der Waals surface area (Å²) in [7, 11) is -3.32. The molecule has 29 heavy (non-hydrogen) atoms. The molecule has 1 aromatic heterocycles. The lowest BCUT2D eigenvalue weighted by molar-refractivity contribution is 0.0516. The van der Waals surface area contributed by atoms with Crippen LogP contribution in [0.2, 0.25) is 0 Å². The summed E-state index contributed by atoms with van der Waals surface area (Å²) < 4.78 is 31.1. The first-order valence-electron chi connectivity index (χ1n) is 10.1. The summed E-state index contributed by atoms with van der Waals surface area (Å²) in [6.45, 7) is 4.01. The number of esters is 1. The third-order valence-corrected chi connectivity index (χ3v) is 9.80. The molecule has 3 aliphatic rings. The highest BCUT2D eigenvalue weighted by molar-refractivity contribution is 7.94. The van der Waals surface area contributed by atoms with Crippen LogP contribution in [0.25, 0.3) is 0 Å². The van der Waals surface area contributed by atoms with E-state index in [0.717, 1.165) is 0 Å². The zero-order chi connectivity index (χ0) is 21.0. The average Bonchev–Trinajstić information content (AvgIpc) is 3.58. The molecule has 0 bridgehead atoms. The van der Waals surface area contributed by atoms with Crippen molar-refractivity contribution in [2.45, 2.75) is 62.0 Å². The predicted molar refractivity (Wildman–Crippen MR) is 103 cm³/mol. The maximum Gasteiger partial charge on any atom is 0.359 e. The van der Waals surface area contributed by atoms with Crippen LogP contribution in [0.15, 0.2) is 0 Å². The SMILES string of the molecule is CCOC(=O)c1nn(CCO)c2c1CCN(CC1(S(=O)(=O)C3(C)CC3)CC1)C2=O. The van der Waals surface area contributed by atoms with Gasteiger partial charge in [-0.15, -0.1) is 0 Å². The summed E-state index contributed by atoms with van der Waals surface area (Å²) in [4.78, 5) is 27.1. The molecule has 9 nitrogen and oxygen atoms in total. The fourth-order valence-electron chi connectivity index (χ4n) is 4.21. The maximum atomic E-state index is 13.2. The summed E-state index contributed by atoms with van der Waals surface area (Å²) in [5, 5.41) is 13.6. The number of aromatic nitrogens is 2. The van der Waals surface area contributed by atoms with Crippen LogP contribution >= 0.6 is 0 Å². The van der Waals surface area contributed by atoms with Crippen LogP contribution in [-0.2, 0) is 27.5 Å². The number of fused-ring (bicyclic) bond motifs is 1. The minimum Gasteiger partial charge on any atom is -0.461 e. The molecule has 2 aliphatic carbocycles. The van der Waals surface area contributed by atoms with E-state index in [1.54, 1.807) is 18.7 Å². The Morgan fingerprint density at radius 3 is 2.52 bits per heavy atom. The molecule has 160 valence electrons. The second-order valence-electron chi connectivity index (χ2n) is 8.46. The normalized spacial score (nSPS) is 21.6. The molecule has 0 spiro atoms. The number of sulfone groups is 1. The van der Waals surface area contributed by atoms with E-state index in [-0.39, 0.29) is 43.6 Å². The Morgan fingerprint density at radius 2 is 1.97 bits per heavy atom. The van der Waals surface area contributed by atoms with E-state index in [1.165, 1.54) is 4.68 Å². The molecule has 1 aliphatic heterocycles. The number of aliphatic hydroxyl groups excluding tert-OH is 1. The summed E-state index contributed by atoms with van der Waals surface area (Å²) in [6, 6.07) is 0. The molecule has 1 amide bonds. The molecule has 2 heterocycles. The fraction of sp³-hybridized carbons (Fsp3) is 0.737. The summed E-state index contributed by atoms with van der Waals surface area (Å²) in [6.07, 6.45) is 2.91. The van der Waals surface area contributed by atoms with E-state index < -0.39 is 25.3 Å². The highest BCUT2D eigenvalue weighted by Crippen LogP contribution is 2.56. The molecule has 2 saturated carbocycles. The van der Waals surface area contributed by atoms with Gasteiger partial charge >= 0.3 is 5.97 Å². The van der Waals surface area contributed by atoms with Crippen LogP contribution in [0.4, 0.5) is 0 Å². The van der Waals surface area contributed by atoms with E-state index in [4.69, 9.17) is 4.74 Å². The molecule has 10 heteroatoms. The van der Waals surface area contributed by atoms with E-state index >= 15 is 0 Å². The minimum atomic E-state index is -3.32. The highest BCUT2D eigenvalue weighted by Gasteiger charge is 2.65. The summed E-state index contributed by atoms with van der Waals surface area (Å²) in [5.74, 6) is -0.935. The summed E-state index contributed by atoms with van der Waals surface area (Å²) >= 11 is 0.